The number of hydrogen-bond donors (Lipinski definition) is 0. The first kappa shape index (κ1) is 22.2. The number of benzene rings is 2. The summed E-state index contributed by atoms with van der Waals surface area (Å²) < 4.78 is 19.0. The van der Waals surface area contributed by atoms with Gasteiger partial charge in [-0.25, -0.2) is 0 Å². The van der Waals surface area contributed by atoms with Gasteiger partial charge in [-0.3, -0.25) is 4.57 Å². The Kier molecular flexibility index (Phi) is 7.28. The molecule has 0 radical (unpaired) electrons. The van der Waals surface area contributed by atoms with Crippen LogP contribution < -0.4 is 9.47 Å². The molecule has 0 saturated heterocycles. The van der Waals surface area contributed by atoms with E-state index in [0.717, 1.165) is 11.4 Å². The summed E-state index contributed by atoms with van der Waals surface area (Å²) in [5.41, 5.74) is 0.881. The van der Waals surface area contributed by atoms with E-state index in [1.54, 1.807) is 0 Å². The average molecular weight is 472 g/mol. The lowest BCUT2D eigenvalue weighted by molar-refractivity contribution is 0.291. The molecule has 8 nitrogen and oxygen atoms in total. The predicted molar refractivity (Wildman–Crippen MR) is 122 cm³/mol. The van der Waals surface area contributed by atoms with E-state index in [-0.39, 0.29) is 6.61 Å². The highest BCUT2D eigenvalue weighted by molar-refractivity contribution is 7.98. The maximum Gasteiger partial charge on any atom is 0.226 e. The molecule has 0 bridgehead atoms. The zero-order chi connectivity index (χ0) is 22.3. The summed E-state index contributed by atoms with van der Waals surface area (Å²) in [6.45, 7) is 4.78. The van der Waals surface area contributed by atoms with Gasteiger partial charge in [0.25, 0.3) is 0 Å². The maximum absolute atomic E-state index is 6.08. The topological polar surface area (TPSA) is 88.1 Å². The van der Waals surface area contributed by atoms with Gasteiger partial charge in [0, 0.05) is 17.1 Å². The minimum absolute atomic E-state index is 0.241. The van der Waals surface area contributed by atoms with Crippen molar-refractivity contribution in [3.05, 3.63) is 71.2 Å². The number of aromatic nitrogens is 5. The van der Waals surface area contributed by atoms with Crippen molar-refractivity contribution in [2.45, 2.75) is 37.8 Å². The molecule has 2 aromatic heterocycles. The Morgan fingerprint density at radius 1 is 0.875 bits per heavy atom. The number of ether oxygens (including phenoxy) is 2. The van der Waals surface area contributed by atoms with Crippen LogP contribution in [0, 0.1) is 0 Å². The fourth-order valence-corrected chi connectivity index (χ4v) is 3.83. The van der Waals surface area contributed by atoms with E-state index in [2.05, 4.69) is 20.4 Å². The zero-order valence-corrected chi connectivity index (χ0v) is 19.3. The minimum Gasteiger partial charge on any atom is -0.494 e. The Bertz CT molecular complexity index is 1150. The predicted octanol–water partition coefficient (Wildman–Crippen LogP) is 5.14. The molecule has 0 amide bonds. The third kappa shape index (κ3) is 5.41. The molecule has 0 aliphatic rings. The molecule has 32 heavy (non-hydrogen) atoms. The Balaban J connectivity index is 1.53. The molecule has 0 saturated carbocycles. The molecule has 0 unspecified atom stereocenters. The SMILES string of the molecule is CCOc1ccc(OCc2nnc(SCc3nnc(CC)o3)n2-c2ccc(Cl)cc2)cc1. The minimum atomic E-state index is 0.241. The summed E-state index contributed by atoms with van der Waals surface area (Å²) in [7, 11) is 0. The summed E-state index contributed by atoms with van der Waals surface area (Å²) >= 11 is 7.54. The highest BCUT2D eigenvalue weighted by atomic mass is 35.5. The second kappa shape index (κ2) is 10.5. The maximum atomic E-state index is 6.08. The molecule has 0 N–H and O–H groups in total. The first-order valence-corrected chi connectivity index (χ1v) is 11.5. The summed E-state index contributed by atoms with van der Waals surface area (Å²) in [5.74, 6) is 3.82. The van der Waals surface area contributed by atoms with E-state index in [1.807, 2.05) is 66.9 Å². The van der Waals surface area contributed by atoms with Gasteiger partial charge in [-0.2, -0.15) is 0 Å². The smallest absolute Gasteiger partial charge is 0.226 e. The van der Waals surface area contributed by atoms with Crippen molar-refractivity contribution in [2.75, 3.05) is 6.61 Å². The van der Waals surface area contributed by atoms with Gasteiger partial charge in [0.05, 0.1) is 12.4 Å². The van der Waals surface area contributed by atoms with Gasteiger partial charge >= 0.3 is 0 Å². The highest BCUT2D eigenvalue weighted by Crippen LogP contribution is 2.27. The van der Waals surface area contributed by atoms with Gasteiger partial charge in [-0.1, -0.05) is 30.3 Å². The van der Waals surface area contributed by atoms with Gasteiger partial charge in [-0.15, -0.1) is 20.4 Å². The quantitative estimate of drug-likeness (QED) is 0.294. The molecule has 4 rings (SSSR count). The molecular weight excluding hydrogens is 450 g/mol. The molecule has 2 aromatic carbocycles. The van der Waals surface area contributed by atoms with Gasteiger partial charge < -0.3 is 13.9 Å². The van der Waals surface area contributed by atoms with E-state index < -0.39 is 0 Å². The lowest BCUT2D eigenvalue weighted by Crippen LogP contribution is -2.06. The Morgan fingerprint density at radius 3 is 2.22 bits per heavy atom. The second-order valence-electron chi connectivity index (χ2n) is 6.64. The van der Waals surface area contributed by atoms with Crippen LogP contribution in [0.5, 0.6) is 11.5 Å². The molecule has 0 fully saturated rings. The van der Waals surface area contributed by atoms with Crippen molar-refractivity contribution in [3.8, 4) is 17.2 Å². The van der Waals surface area contributed by atoms with Crippen molar-refractivity contribution in [3.63, 3.8) is 0 Å². The molecular formula is C22H22ClN5O3S. The van der Waals surface area contributed by atoms with Gasteiger partial charge in [0.1, 0.15) is 18.1 Å². The lowest BCUT2D eigenvalue weighted by Gasteiger charge is -2.11. The van der Waals surface area contributed by atoms with E-state index in [1.165, 1.54) is 11.8 Å². The number of nitrogens with zero attached hydrogens (tertiary/aromatic N) is 5. The third-order valence-corrected chi connectivity index (χ3v) is 5.59. The molecule has 166 valence electrons. The molecule has 2 heterocycles. The van der Waals surface area contributed by atoms with Crippen LogP contribution in [0.15, 0.2) is 58.1 Å². The van der Waals surface area contributed by atoms with Crippen molar-refractivity contribution in [1.29, 1.82) is 0 Å². The fourth-order valence-electron chi connectivity index (χ4n) is 2.90. The van der Waals surface area contributed by atoms with E-state index in [9.17, 15) is 0 Å². The molecule has 10 heteroatoms. The first-order valence-electron chi connectivity index (χ1n) is 10.2. The van der Waals surface area contributed by atoms with Crippen molar-refractivity contribution in [2.24, 2.45) is 0 Å². The fraction of sp³-hybridized carbons (Fsp3) is 0.273. The number of thioether (sulfide) groups is 1. The summed E-state index contributed by atoms with van der Waals surface area (Å²) in [6, 6.07) is 15.0. The third-order valence-electron chi connectivity index (χ3n) is 4.42. The van der Waals surface area contributed by atoms with Crippen LogP contribution in [0.3, 0.4) is 0 Å². The van der Waals surface area contributed by atoms with Crippen LogP contribution in [0.2, 0.25) is 5.02 Å². The molecule has 4 aromatic rings. The Hall–Kier alpha value is -3.04. The summed E-state index contributed by atoms with van der Waals surface area (Å²) in [6.07, 6.45) is 0.700. The van der Waals surface area contributed by atoms with Crippen LogP contribution in [0.4, 0.5) is 0 Å². The first-order chi connectivity index (χ1) is 15.7. The van der Waals surface area contributed by atoms with E-state index in [4.69, 9.17) is 25.5 Å². The number of aryl methyl sites for hydroxylation is 1. The van der Waals surface area contributed by atoms with Gasteiger partial charge in [0.2, 0.25) is 11.8 Å². The number of hydrogen-bond acceptors (Lipinski definition) is 8. The lowest BCUT2D eigenvalue weighted by atomic mass is 10.3. The van der Waals surface area contributed by atoms with Gasteiger partial charge in [-0.05, 0) is 55.5 Å². The Morgan fingerprint density at radius 2 is 1.56 bits per heavy atom. The van der Waals surface area contributed by atoms with E-state index in [0.29, 0.717) is 52.3 Å². The number of rotatable bonds is 10. The van der Waals surface area contributed by atoms with Crippen LogP contribution in [0.25, 0.3) is 5.69 Å². The highest BCUT2D eigenvalue weighted by Gasteiger charge is 2.17. The van der Waals surface area contributed by atoms with Crippen LogP contribution in [-0.4, -0.2) is 31.6 Å². The normalized spacial score (nSPS) is 11.0. The van der Waals surface area contributed by atoms with Crippen molar-refractivity contribution in [1.82, 2.24) is 25.0 Å². The molecule has 0 atom stereocenters. The van der Waals surface area contributed by atoms with Crippen LogP contribution in [0.1, 0.15) is 31.5 Å². The zero-order valence-electron chi connectivity index (χ0n) is 17.7. The van der Waals surface area contributed by atoms with Gasteiger partial charge in [0.15, 0.2) is 11.0 Å². The van der Waals surface area contributed by atoms with Crippen molar-refractivity contribution < 1.29 is 13.9 Å². The standard InChI is InChI=1S/C22H22ClN5O3S/c1-3-20-25-26-21(31-20)14-32-22-27-24-19(28(22)16-7-5-15(23)6-8-16)13-30-18-11-9-17(10-12-18)29-4-2/h5-12H,3-4,13-14H2,1-2H3. The van der Waals surface area contributed by atoms with Crippen LogP contribution in [-0.2, 0) is 18.8 Å². The Labute approximate surface area is 194 Å². The van der Waals surface area contributed by atoms with E-state index >= 15 is 0 Å². The summed E-state index contributed by atoms with van der Waals surface area (Å²) in [4.78, 5) is 0. The molecule has 0 spiro atoms. The average Bonchev–Trinajstić information content (AvgIpc) is 3.45. The second-order valence-corrected chi connectivity index (χ2v) is 8.01. The molecule has 0 aliphatic heterocycles. The molecule has 0 aliphatic carbocycles. The monoisotopic (exact) mass is 471 g/mol. The summed E-state index contributed by atoms with van der Waals surface area (Å²) in [5, 5.41) is 18.1. The number of halogens is 1. The van der Waals surface area contributed by atoms with Crippen LogP contribution >= 0.6 is 23.4 Å². The largest absolute Gasteiger partial charge is 0.494 e. The van der Waals surface area contributed by atoms with Crippen molar-refractivity contribution >= 4 is 23.4 Å².